The maximum absolute atomic E-state index is 12.7. The fraction of sp³-hybridized carbons (Fsp3) is 0.280. The molecule has 0 aliphatic heterocycles. The highest BCUT2D eigenvalue weighted by Crippen LogP contribution is 2.27. The minimum absolute atomic E-state index is 0.117. The summed E-state index contributed by atoms with van der Waals surface area (Å²) >= 11 is 3.57. The third-order valence-corrected chi connectivity index (χ3v) is 6.71. The van der Waals surface area contributed by atoms with Gasteiger partial charge in [-0.3, -0.25) is 9.59 Å². The molecule has 0 unspecified atom stereocenters. The predicted octanol–water partition coefficient (Wildman–Crippen LogP) is 5.41. The Kier molecular flexibility index (Phi) is 9.28. The first kappa shape index (κ1) is 26.0. The molecule has 0 radical (unpaired) electrons. The molecule has 9 heteroatoms. The molecule has 2 amide bonds. The van der Waals surface area contributed by atoms with E-state index in [1.54, 1.807) is 18.2 Å². The summed E-state index contributed by atoms with van der Waals surface area (Å²) in [6, 6.07) is 14.7. The van der Waals surface area contributed by atoms with Crippen LogP contribution in [-0.4, -0.2) is 32.3 Å². The highest BCUT2D eigenvalue weighted by atomic mass is 127. The van der Waals surface area contributed by atoms with Crippen molar-refractivity contribution in [2.45, 2.75) is 44.4 Å². The van der Waals surface area contributed by atoms with Crippen LogP contribution in [-0.2, 0) is 11.3 Å². The number of thioether (sulfide) groups is 1. The lowest BCUT2D eigenvalue weighted by atomic mass is 10.0. The zero-order valence-corrected chi connectivity index (χ0v) is 22.4. The van der Waals surface area contributed by atoms with E-state index < -0.39 is 0 Å². The minimum Gasteiger partial charge on any atom is -0.342 e. The number of rotatable bonds is 10. The van der Waals surface area contributed by atoms with Crippen molar-refractivity contribution >= 4 is 51.9 Å². The Labute approximate surface area is 218 Å². The van der Waals surface area contributed by atoms with E-state index >= 15 is 0 Å². The fourth-order valence-corrected chi connectivity index (χ4v) is 4.67. The van der Waals surface area contributed by atoms with Crippen LogP contribution in [0.1, 0.15) is 54.5 Å². The van der Waals surface area contributed by atoms with Crippen LogP contribution in [0.15, 0.2) is 66.3 Å². The molecule has 0 aliphatic rings. The molecule has 1 aromatic heterocycles. The van der Waals surface area contributed by atoms with Gasteiger partial charge in [0.05, 0.1) is 11.8 Å². The number of carbonyl (C=O) groups is 2. The van der Waals surface area contributed by atoms with Gasteiger partial charge in [-0.25, -0.2) is 0 Å². The molecule has 1 atom stereocenters. The largest absolute Gasteiger partial charge is 0.342 e. The summed E-state index contributed by atoms with van der Waals surface area (Å²) in [5.74, 6) is 0.778. The average Bonchev–Trinajstić information content (AvgIpc) is 3.22. The maximum atomic E-state index is 12.7. The summed E-state index contributed by atoms with van der Waals surface area (Å²) < 4.78 is 3.00. The first-order valence-corrected chi connectivity index (χ1v) is 13.0. The summed E-state index contributed by atoms with van der Waals surface area (Å²) in [4.78, 5) is 25.2. The van der Waals surface area contributed by atoms with Crippen molar-refractivity contribution in [1.82, 2.24) is 20.1 Å². The van der Waals surface area contributed by atoms with Crippen LogP contribution in [0.25, 0.3) is 0 Å². The van der Waals surface area contributed by atoms with Crippen LogP contribution >= 0.6 is 34.4 Å². The number of nitrogens with zero attached hydrogens (tertiary/aromatic N) is 3. The number of hydrogen-bond acceptors (Lipinski definition) is 5. The molecule has 2 aromatic carbocycles. The third kappa shape index (κ3) is 6.69. The molecular weight excluding hydrogens is 561 g/mol. The molecule has 178 valence electrons. The van der Waals surface area contributed by atoms with Crippen molar-refractivity contribution in [3.63, 3.8) is 0 Å². The molecule has 0 aliphatic carbocycles. The van der Waals surface area contributed by atoms with E-state index in [0.717, 1.165) is 14.8 Å². The van der Waals surface area contributed by atoms with Gasteiger partial charge in [0.25, 0.3) is 5.91 Å². The molecule has 3 aromatic rings. The summed E-state index contributed by atoms with van der Waals surface area (Å²) in [5, 5.41) is 15.1. The van der Waals surface area contributed by atoms with Crippen molar-refractivity contribution in [3.8, 4) is 0 Å². The van der Waals surface area contributed by atoms with Gasteiger partial charge in [-0.05, 0) is 71.3 Å². The van der Waals surface area contributed by atoms with Crippen LogP contribution in [0, 0.1) is 3.57 Å². The highest BCUT2D eigenvalue weighted by Gasteiger charge is 2.20. The third-order valence-electron chi connectivity index (χ3n) is 5.07. The Hall–Kier alpha value is -2.66. The Morgan fingerprint density at radius 3 is 2.56 bits per heavy atom. The van der Waals surface area contributed by atoms with E-state index in [1.165, 1.54) is 11.8 Å². The topological polar surface area (TPSA) is 88.9 Å². The zero-order valence-electron chi connectivity index (χ0n) is 19.4. The number of carbonyl (C=O) groups excluding carboxylic acids is 2. The molecule has 34 heavy (non-hydrogen) atoms. The van der Waals surface area contributed by atoms with E-state index in [0.29, 0.717) is 29.0 Å². The number of hydrogen-bond donors (Lipinski definition) is 2. The number of allylic oxidation sites excluding steroid dienone is 1. The smallest absolute Gasteiger partial charge is 0.251 e. The number of nitrogens with one attached hydrogen (secondary N) is 2. The molecule has 7 nitrogen and oxygen atoms in total. The number of amides is 2. The van der Waals surface area contributed by atoms with Gasteiger partial charge < -0.3 is 15.2 Å². The van der Waals surface area contributed by atoms with Crippen LogP contribution in [0.5, 0.6) is 0 Å². The van der Waals surface area contributed by atoms with Crippen LogP contribution in [0.4, 0.5) is 5.69 Å². The second-order valence-electron chi connectivity index (χ2n) is 8.02. The van der Waals surface area contributed by atoms with E-state index in [4.69, 9.17) is 0 Å². The van der Waals surface area contributed by atoms with Gasteiger partial charge in [-0.2, -0.15) is 0 Å². The molecule has 0 bridgehead atoms. The standard InChI is InChI=1S/C25H28IN5O2S/c1-5-13-31-23(17(4)27-24(33)18-9-7-6-8-10-18)29-30-25(31)34-15-22(32)28-21-12-11-19(26)14-20(21)16(2)3/h5-12,14,16-17H,1,13,15H2,2-4H3,(H,27,33)(H,28,32)/t17-/m1/s1. The Morgan fingerprint density at radius 1 is 1.15 bits per heavy atom. The van der Waals surface area contributed by atoms with Gasteiger partial charge in [0.15, 0.2) is 11.0 Å². The van der Waals surface area contributed by atoms with Gasteiger partial charge in [0.2, 0.25) is 5.91 Å². The monoisotopic (exact) mass is 589 g/mol. The van der Waals surface area contributed by atoms with Crippen LogP contribution < -0.4 is 10.6 Å². The average molecular weight is 590 g/mol. The maximum Gasteiger partial charge on any atom is 0.251 e. The Bertz CT molecular complexity index is 1160. The molecule has 2 N–H and O–H groups in total. The molecule has 3 rings (SSSR count). The lowest BCUT2D eigenvalue weighted by Gasteiger charge is -2.16. The first-order valence-electron chi connectivity index (χ1n) is 10.9. The SMILES string of the molecule is C=CCn1c(SCC(=O)Nc2ccc(I)cc2C(C)C)nnc1[C@@H](C)NC(=O)c1ccccc1. The van der Waals surface area contributed by atoms with Crippen molar-refractivity contribution in [2.24, 2.45) is 0 Å². The van der Waals surface area contributed by atoms with Gasteiger partial charge in [0, 0.05) is 21.4 Å². The van der Waals surface area contributed by atoms with Crippen molar-refractivity contribution in [2.75, 3.05) is 11.1 Å². The summed E-state index contributed by atoms with van der Waals surface area (Å²) in [6.07, 6.45) is 1.74. The predicted molar refractivity (Wildman–Crippen MR) is 145 cm³/mol. The number of anilines is 1. The zero-order chi connectivity index (χ0) is 24.7. The van der Waals surface area contributed by atoms with Crippen molar-refractivity contribution in [3.05, 3.63) is 81.7 Å². The summed E-state index contributed by atoms with van der Waals surface area (Å²) in [5.41, 5.74) is 2.50. The Morgan fingerprint density at radius 2 is 1.88 bits per heavy atom. The number of aromatic nitrogens is 3. The van der Waals surface area contributed by atoms with Crippen molar-refractivity contribution < 1.29 is 9.59 Å². The van der Waals surface area contributed by atoms with E-state index in [1.807, 2.05) is 41.8 Å². The van der Waals surface area contributed by atoms with E-state index in [2.05, 4.69) is 69.9 Å². The quantitative estimate of drug-likeness (QED) is 0.188. The minimum atomic E-state index is -0.372. The van der Waals surface area contributed by atoms with E-state index in [-0.39, 0.29) is 23.6 Å². The normalized spacial score (nSPS) is 11.8. The second kappa shape index (κ2) is 12.2. The lowest BCUT2D eigenvalue weighted by Crippen LogP contribution is -2.28. The lowest BCUT2D eigenvalue weighted by molar-refractivity contribution is -0.113. The molecule has 0 saturated carbocycles. The van der Waals surface area contributed by atoms with Gasteiger partial charge in [0.1, 0.15) is 0 Å². The molecule has 0 saturated heterocycles. The highest BCUT2D eigenvalue weighted by molar-refractivity contribution is 14.1. The fourth-order valence-electron chi connectivity index (χ4n) is 3.40. The molecule has 0 spiro atoms. The summed E-state index contributed by atoms with van der Waals surface area (Å²) in [7, 11) is 0. The van der Waals surface area contributed by atoms with Crippen LogP contribution in [0.3, 0.4) is 0 Å². The van der Waals surface area contributed by atoms with Gasteiger partial charge in [-0.15, -0.1) is 16.8 Å². The van der Waals surface area contributed by atoms with Crippen molar-refractivity contribution in [1.29, 1.82) is 0 Å². The van der Waals surface area contributed by atoms with Gasteiger partial charge in [-0.1, -0.05) is 49.9 Å². The number of halogens is 1. The second-order valence-corrected chi connectivity index (χ2v) is 10.2. The summed E-state index contributed by atoms with van der Waals surface area (Å²) in [6.45, 7) is 10.3. The van der Waals surface area contributed by atoms with Gasteiger partial charge >= 0.3 is 0 Å². The number of benzene rings is 2. The molecule has 0 fully saturated rings. The molecule has 1 heterocycles. The van der Waals surface area contributed by atoms with Crippen LogP contribution in [0.2, 0.25) is 0 Å². The molecular formula is C25H28IN5O2S. The van der Waals surface area contributed by atoms with E-state index in [9.17, 15) is 9.59 Å². The first-order chi connectivity index (χ1) is 16.3. The Balaban J connectivity index is 1.68.